The van der Waals surface area contributed by atoms with E-state index in [-0.39, 0.29) is 18.1 Å². The van der Waals surface area contributed by atoms with E-state index >= 15 is 0 Å². The van der Waals surface area contributed by atoms with Crippen LogP contribution in [0.15, 0.2) is 18.2 Å². The standard InChI is InChI=1S/C17H24N2O4/c1-12(19-7-5-14(20)6-8-19)17(21)18-13-3-4-15-16(11-13)23-10-2-9-22-15/h3-4,11-12,14,20H,2,5-10H2,1H3,(H,18,21)/t12-/m0/s1. The fourth-order valence-corrected chi connectivity index (χ4v) is 2.93. The smallest absolute Gasteiger partial charge is 0.241 e. The van der Waals surface area contributed by atoms with Gasteiger partial charge in [-0.2, -0.15) is 0 Å². The van der Waals surface area contributed by atoms with Crippen LogP contribution in [0.4, 0.5) is 5.69 Å². The van der Waals surface area contributed by atoms with Crippen molar-refractivity contribution in [1.29, 1.82) is 0 Å². The Balaban J connectivity index is 1.62. The van der Waals surface area contributed by atoms with E-state index in [2.05, 4.69) is 10.2 Å². The lowest BCUT2D eigenvalue weighted by Crippen LogP contribution is -2.47. The number of ether oxygens (including phenoxy) is 2. The number of likely N-dealkylation sites (tertiary alicyclic amines) is 1. The highest BCUT2D eigenvalue weighted by Crippen LogP contribution is 2.32. The number of anilines is 1. The van der Waals surface area contributed by atoms with Gasteiger partial charge in [-0.15, -0.1) is 0 Å². The number of piperidine rings is 1. The summed E-state index contributed by atoms with van der Waals surface area (Å²) in [4.78, 5) is 14.5. The van der Waals surface area contributed by atoms with Gasteiger partial charge in [-0.1, -0.05) is 0 Å². The number of aliphatic hydroxyl groups is 1. The summed E-state index contributed by atoms with van der Waals surface area (Å²) in [5, 5.41) is 12.5. The normalized spacial score (nSPS) is 20.6. The number of nitrogens with one attached hydrogen (secondary N) is 1. The first-order chi connectivity index (χ1) is 11.1. The van der Waals surface area contributed by atoms with Crippen LogP contribution in [-0.4, -0.2) is 54.4 Å². The van der Waals surface area contributed by atoms with Gasteiger partial charge in [-0.25, -0.2) is 0 Å². The van der Waals surface area contributed by atoms with Crippen LogP contribution in [0, 0.1) is 0 Å². The van der Waals surface area contributed by atoms with E-state index in [9.17, 15) is 9.90 Å². The van der Waals surface area contributed by atoms with E-state index in [1.54, 1.807) is 0 Å². The second kappa shape index (κ2) is 7.19. The molecule has 2 heterocycles. The fourth-order valence-electron chi connectivity index (χ4n) is 2.93. The second-order valence-corrected chi connectivity index (χ2v) is 6.14. The Morgan fingerprint density at radius 1 is 1.26 bits per heavy atom. The van der Waals surface area contributed by atoms with E-state index < -0.39 is 0 Å². The van der Waals surface area contributed by atoms with Crippen LogP contribution in [0.3, 0.4) is 0 Å². The zero-order valence-corrected chi connectivity index (χ0v) is 13.5. The Kier molecular flexibility index (Phi) is 5.03. The molecule has 6 nitrogen and oxygen atoms in total. The zero-order valence-electron chi connectivity index (χ0n) is 13.5. The third-order valence-corrected chi connectivity index (χ3v) is 4.44. The molecule has 1 atom stereocenters. The topological polar surface area (TPSA) is 71.0 Å². The maximum Gasteiger partial charge on any atom is 0.241 e. The molecule has 1 saturated heterocycles. The summed E-state index contributed by atoms with van der Waals surface area (Å²) in [6.07, 6.45) is 2.07. The maximum atomic E-state index is 12.4. The fraction of sp³-hybridized carbons (Fsp3) is 0.588. The Labute approximate surface area is 136 Å². The van der Waals surface area contributed by atoms with Gasteiger partial charge in [-0.05, 0) is 31.9 Å². The molecule has 0 bridgehead atoms. The Morgan fingerprint density at radius 2 is 1.96 bits per heavy atom. The molecule has 2 aliphatic heterocycles. The highest BCUT2D eigenvalue weighted by atomic mass is 16.5. The van der Waals surface area contributed by atoms with Crippen LogP contribution in [0.2, 0.25) is 0 Å². The second-order valence-electron chi connectivity index (χ2n) is 6.14. The van der Waals surface area contributed by atoms with Gasteiger partial charge in [0, 0.05) is 31.3 Å². The van der Waals surface area contributed by atoms with E-state index in [0.717, 1.165) is 38.1 Å². The van der Waals surface area contributed by atoms with Gasteiger partial charge in [0.15, 0.2) is 11.5 Å². The molecule has 1 fully saturated rings. The SMILES string of the molecule is C[C@@H](C(=O)Nc1ccc2c(c1)OCCCO2)N1CCC(O)CC1. The highest BCUT2D eigenvalue weighted by Gasteiger charge is 2.26. The molecule has 1 aromatic rings. The minimum atomic E-state index is -0.233. The monoisotopic (exact) mass is 320 g/mol. The molecular weight excluding hydrogens is 296 g/mol. The molecule has 126 valence electrons. The van der Waals surface area contributed by atoms with Crippen molar-refractivity contribution in [1.82, 2.24) is 4.90 Å². The first-order valence-corrected chi connectivity index (χ1v) is 8.26. The lowest BCUT2D eigenvalue weighted by atomic mass is 10.1. The van der Waals surface area contributed by atoms with Crippen molar-refractivity contribution in [2.24, 2.45) is 0 Å². The third kappa shape index (κ3) is 3.95. The number of amides is 1. The molecule has 0 radical (unpaired) electrons. The van der Waals surface area contributed by atoms with E-state index in [1.807, 2.05) is 25.1 Å². The van der Waals surface area contributed by atoms with Gasteiger partial charge in [0.05, 0.1) is 25.4 Å². The molecule has 1 aromatic carbocycles. The van der Waals surface area contributed by atoms with Crippen molar-refractivity contribution in [2.75, 3.05) is 31.6 Å². The van der Waals surface area contributed by atoms with Crippen LogP contribution < -0.4 is 14.8 Å². The lowest BCUT2D eigenvalue weighted by Gasteiger charge is -2.33. The number of rotatable bonds is 3. The van der Waals surface area contributed by atoms with Crippen LogP contribution in [0.5, 0.6) is 11.5 Å². The Bertz CT molecular complexity index is 556. The minimum Gasteiger partial charge on any atom is -0.490 e. The molecule has 0 unspecified atom stereocenters. The van der Waals surface area contributed by atoms with Crippen LogP contribution >= 0.6 is 0 Å². The van der Waals surface area contributed by atoms with Gasteiger partial charge in [0.1, 0.15) is 0 Å². The summed E-state index contributed by atoms with van der Waals surface area (Å²) in [6, 6.07) is 5.25. The Morgan fingerprint density at radius 3 is 2.70 bits per heavy atom. The first-order valence-electron chi connectivity index (χ1n) is 8.26. The van der Waals surface area contributed by atoms with Crippen molar-refractivity contribution >= 4 is 11.6 Å². The minimum absolute atomic E-state index is 0.0455. The molecule has 6 heteroatoms. The number of fused-ring (bicyclic) bond motifs is 1. The molecular formula is C17H24N2O4. The van der Waals surface area contributed by atoms with Crippen molar-refractivity contribution in [3.8, 4) is 11.5 Å². The molecule has 0 aliphatic carbocycles. The van der Waals surface area contributed by atoms with Crippen LogP contribution in [0.25, 0.3) is 0 Å². The number of carbonyl (C=O) groups is 1. The molecule has 0 aromatic heterocycles. The van der Waals surface area contributed by atoms with E-state index in [4.69, 9.17) is 9.47 Å². The van der Waals surface area contributed by atoms with Gasteiger partial charge in [-0.3, -0.25) is 9.69 Å². The summed E-state index contributed by atoms with van der Waals surface area (Å²) >= 11 is 0. The Hall–Kier alpha value is -1.79. The number of hydrogen-bond donors (Lipinski definition) is 2. The van der Waals surface area contributed by atoms with Gasteiger partial charge >= 0.3 is 0 Å². The third-order valence-electron chi connectivity index (χ3n) is 4.44. The van der Waals surface area contributed by atoms with Crippen molar-refractivity contribution in [3.05, 3.63) is 18.2 Å². The van der Waals surface area contributed by atoms with E-state index in [1.165, 1.54) is 0 Å². The largest absolute Gasteiger partial charge is 0.490 e. The zero-order chi connectivity index (χ0) is 16.2. The van der Waals surface area contributed by atoms with Crippen molar-refractivity contribution in [2.45, 2.75) is 38.3 Å². The van der Waals surface area contributed by atoms with Crippen molar-refractivity contribution < 1.29 is 19.4 Å². The lowest BCUT2D eigenvalue weighted by molar-refractivity contribution is -0.121. The summed E-state index contributed by atoms with van der Waals surface area (Å²) in [7, 11) is 0. The maximum absolute atomic E-state index is 12.4. The molecule has 23 heavy (non-hydrogen) atoms. The summed E-state index contributed by atoms with van der Waals surface area (Å²) in [6.45, 7) is 4.66. The molecule has 1 amide bonds. The average Bonchev–Trinajstić information content (AvgIpc) is 2.79. The summed E-state index contributed by atoms with van der Waals surface area (Å²) in [5.41, 5.74) is 0.711. The van der Waals surface area contributed by atoms with Gasteiger partial charge in [0.2, 0.25) is 5.91 Å². The number of hydrogen-bond acceptors (Lipinski definition) is 5. The summed E-state index contributed by atoms with van der Waals surface area (Å²) < 4.78 is 11.2. The van der Waals surface area contributed by atoms with Crippen LogP contribution in [-0.2, 0) is 4.79 Å². The molecule has 2 aliphatic rings. The average molecular weight is 320 g/mol. The molecule has 0 spiro atoms. The predicted molar refractivity (Wildman–Crippen MR) is 87.0 cm³/mol. The van der Waals surface area contributed by atoms with Crippen molar-refractivity contribution in [3.63, 3.8) is 0 Å². The predicted octanol–water partition coefficient (Wildman–Crippen LogP) is 1.63. The molecule has 3 rings (SSSR count). The quantitative estimate of drug-likeness (QED) is 0.886. The number of carbonyl (C=O) groups excluding carboxylic acids is 1. The van der Waals surface area contributed by atoms with Gasteiger partial charge < -0.3 is 19.9 Å². The highest BCUT2D eigenvalue weighted by molar-refractivity contribution is 5.94. The van der Waals surface area contributed by atoms with Crippen LogP contribution in [0.1, 0.15) is 26.2 Å². The van der Waals surface area contributed by atoms with E-state index in [0.29, 0.717) is 24.7 Å². The van der Waals surface area contributed by atoms with Gasteiger partial charge in [0.25, 0.3) is 0 Å². The molecule has 0 saturated carbocycles. The number of benzene rings is 1. The number of aliphatic hydroxyl groups excluding tert-OH is 1. The summed E-state index contributed by atoms with van der Waals surface area (Å²) in [5.74, 6) is 1.35. The molecule has 2 N–H and O–H groups in total. The first kappa shape index (κ1) is 16.1. The number of nitrogens with zero attached hydrogens (tertiary/aromatic N) is 1.